The maximum atomic E-state index is 6.39. The van der Waals surface area contributed by atoms with E-state index in [1.54, 1.807) is 18.6 Å². The number of hydrogen-bond donors (Lipinski definition) is 2. The van der Waals surface area contributed by atoms with Crippen LogP contribution in [0.1, 0.15) is 31.5 Å². The molecular weight excluding hydrogens is 304 g/mol. The number of aromatic nitrogens is 4. The van der Waals surface area contributed by atoms with Crippen molar-refractivity contribution in [3.63, 3.8) is 0 Å². The van der Waals surface area contributed by atoms with E-state index >= 15 is 0 Å². The van der Waals surface area contributed by atoms with Crippen molar-refractivity contribution in [3.8, 4) is 11.5 Å². The second-order valence-electron chi connectivity index (χ2n) is 6.08. The average molecular weight is 322 g/mol. The SMILES string of the molecule is NC1(c2noc(-c3cccc(Nc4cnccn4)c3)n2)CCCC1. The molecule has 0 unspecified atom stereocenters. The van der Waals surface area contributed by atoms with Gasteiger partial charge in [-0.2, -0.15) is 4.98 Å². The lowest BCUT2D eigenvalue weighted by atomic mass is 9.99. The van der Waals surface area contributed by atoms with Crippen LogP contribution in [0.25, 0.3) is 11.5 Å². The molecule has 24 heavy (non-hydrogen) atoms. The summed E-state index contributed by atoms with van der Waals surface area (Å²) in [4.78, 5) is 12.8. The number of hydrogen-bond acceptors (Lipinski definition) is 7. The van der Waals surface area contributed by atoms with Gasteiger partial charge in [-0.3, -0.25) is 4.98 Å². The Kier molecular flexibility index (Phi) is 3.70. The molecule has 3 N–H and O–H groups in total. The molecule has 3 aromatic rings. The molecule has 2 aromatic heterocycles. The van der Waals surface area contributed by atoms with Crippen LogP contribution in [-0.4, -0.2) is 20.1 Å². The summed E-state index contributed by atoms with van der Waals surface area (Å²) in [7, 11) is 0. The summed E-state index contributed by atoms with van der Waals surface area (Å²) in [5.41, 5.74) is 7.65. The van der Waals surface area contributed by atoms with E-state index in [4.69, 9.17) is 10.3 Å². The minimum atomic E-state index is -0.447. The molecule has 0 bridgehead atoms. The zero-order valence-corrected chi connectivity index (χ0v) is 13.1. The molecule has 0 atom stereocenters. The Morgan fingerprint density at radius 3 is 2.83 bits per heavy atom. The predicted molar refractivity (Wildman–Crippen MR) is 89.4 cm³/mol. The van der Waals surface area contributed by atoms with Gasteiger partial charge in [-0.25, -0.2) is 4.98 Å². The molecule has 1 fully saturated rings. The van der Waals surface area contributed by atoms with Crippen LogP contribution in [-0.2, 0) is 5.54 Å². The molecule has 4 rings (SSSR count). The van der Waals surface area contributed by atoms with E-state index in [1.807, 2.05) is 24.3 Å². The van der Waals surface area contributed by atoms with Crippen molar-refractivity contribution in [2.45, 2.75) is 31.2 Å². The molecule has 0 amide bonds. The first-order chi connectivity index (χ1) is 11.7. The third kappa shape index (κ3) is 2.85. The number of benzene rings is 1. The summed E-state index contributed by atoms with van der Waals surface area (Å²) >= 11 is 0. The number of nitrogens with zero attached hydrogens (tertiary/aromatic N) is 4. The van der Waals surface area contributed by atoms with Gasteiger partial charge in [-0.05, 0) is 31.0 Å². The van der Waals surface area contributed by atoms with Crippen molar-refractivity contribution in [2.24, 2.45) is 5.73 Å². The number of rotatable bonds is 4. The van der Waals surface area contributed by atoms with Crippen molar-refractivity contribution < 1.29 is 4.52 Å². The molecule has 7 heteroatoms. The van der Waals surface area contributed by atoms with Crippen LogP contribution in [0.4, 0.5) is 11.5 Å². The molecule has 0 saturated heterocycles. The molecule has 1 aliphatic rings. The van der Waals surface area contributed by atoms with E-state index < -0.39 is 5.54 Å². The van der Waals surface area contributed by atoms with E-state index in [0.717, 1.165) is 36.9 Å². The summed E-state index contributed by atoms with van der Waals surface area (Å²) in [6.07, 6.45) is 8.96. The monoisotopic (exact) mass is 322 g/mol. The van der Waals surface area contributed by atoms with Crippen LogP contribution in [0.5, 0.6) is 0 Å². The van der Waals surface area contributed by atoms with E-state index in [2.05, 4.69) is 25.4 Å². The van der Waals surface area contributed by atoms with Crippen LogP contribution in [0.15, 0.2) is 47.4 Å². The van der Waals surface area contributed by atoms with Gasteiger partial charge in [0.1, 0.15) is 5.82 Å². The smallest absolute Gasteiger partial charge is 0.258 e. The summed E-state index contributed by atoms with van der Waals surface area (Å²) in [6, 6.07) is 7.73. The highest BCUT2D eigenvalue weighted by molar-refractivity contribution is 5.64. The first-order valence-electron chi connectivity index (χ1n) is 7.99. The largest absolute Gasteiger partial charge is 0.339 e. The van der Waals surface area contributed by atoms with E-state index in [0.29, 0.717) is 17.5 Å². The number of nitrogens with two attached hydrogens (primary N) is 1. The third-order valence-electron chi connectivity index (χ3n) is 4.31. The average Bonchev–Trinajstić information content (AvgIpc) is 3.26. The van der Waals surface area contributed by atoms with Crippen molar-refractivity contribution in [1.29, 1.82) is 0 Å². The Morgan fingerprint density at radius 1 is 1.17 bits per heavy atom. The number of nitrogens with one attached hydrogen (secondary N) is 1. The van der Waals surface area contributed by atoms with Crippen LogP contribution in [0.2, 0.25) is 0 Å². The maximum Gasteiger partial charge on any atom is 0.258 e. The topological polar surface area (TPSA) is 103 Å². The van der Waals surface area contributed by atoms with Crippen molar-refractivity contribution in [1.82, 2.24) is 20.1 Å². The van der Waals surface area contributed by atoms with Crippen LogP contribution < -0.4 is 11.1 Å². The fraction of sp³-hybridized carbons (Fsp3) is 0.294. The summed E-state index contributed by atoms with van der Waals surface area (Å²) in [6.45, 7) is 0. The van der Waals surface area contributed by atoms with Gasteiger partial charge in [0.25, 0.3) is 5.89 Å². The molecule has 2 heterocycles. The van der Waals surface area contributed by atoms with Gasteiger partial charge in [-0.1, -0.05) is 24.1 Å². The van der Waals surface area contributed by atoms with Crippen molar-refractivity contribution in [3.05, 3.63) is 48.7 Å². The molecule has 0 aliphatic heterocycles. The molecule has 1 aliphatic carbocycles. The molecule has 7 nitrogen and oxygen atoms in total. The summed E-state index contributed by atoms with van der Waals surface area (Å²) < 4.78 is 5.44. The fourth-order valence-electron chi connectivity index (χ4n) is 3.01. The van der Waals surface area contributed by atoms with Crippen LogP contribution in [0, 0.1) is 0 Å². The van der Waals surface area contributed by atoms with Gasteiger partial charge >= 0.3 is 0 Å². The predicted octanol–water partition coefficient (Wildman–Crippen LogP) is 3.00. The second-order valence-corrected chi connectivity index (χ2v) is 6.08. The Hall–Kier alpha value is -2.80. The molecule has 1 aromatic carbocycles. The Bertz CT molecular complexity index is 826. The van der Waals surface area contributed by atoms with Gasteiger partial charge < -0.3 is 15.6 Å². The molecule has 1 saturated carbocycles. The lowest BCUT2D eigenvalue weighted by Crippen LogP contribution is -2.34. The van der Waals surface area contributed by atoms with Gasteiger partial charge in [0, 0.05) is 23.6 Å². The lowest BCUT2D eigenvalue weighted by molar-refractivity contribution is 0.372. The molecule has 0 spiro atoms. The summed E-state index contributed by atoms with van der Waals surface area (Å²) in [5.74, 6) is 1.75. The van der Waals surface area contributed by atoms with E-state index in [9.17, 15) is 0 Å². The van der Waals surface area contributed by atoms with Gasteiger partial charge in [0.05, 0.1) is 11.7 Å². The summed E-state index contributed by atoms with van der Waals surface area (Å²) in [5, 5.41) is 7.30. The fourth-order valence-corrected chi connectivity index (χ4v) is 3.01. The van der Waals surface area contributed by atoms with Crippen LogP contribution in [0.3, 0.4) is 0 Å². The Labute approximate surface area is 139 Å². The normalized spacial score (nSPS) is 16.2. The highest BCUT2D eigenvalue weighted by atomic mass is 16.5. The Morgan fingerprint density at radius 2 is 2.04 bits per heavy atom. The number of anilines is 2. The quantitative estimate of drug-likeness (QED) is 0.761. The standard InChI is InChI=1S/C17H18N6O/c18-17(6-1-2-7-17)16-22-15(24-23-16)12-4-3-5-13(10-12)21-14-11-19-8-9-20-14/h3-5,8-11H,1-2,6-7,18H2,(H,20,21). The van der Waals surface area contributed by atoms with Gasteiger partial charge in [0.2, 0.25) is 0 Å². The first-order valence-corrected chi connectivity index (χ1v) is 7.99. The zero-order chi connectivity index (χ0) is 16.4. The van der Waals surface area contributed by atoms with Crippen molar-refractivity contribution in [2.75, 3.05) is 5.32 Å². The van der Waals surface area contributed by atoms with E-state index in [1.165, 1.54) is 0 Å². The molecule has 122 valence electrons. The molecule has 0 radical (unpaired) electrons. The van der Waals surface area contributed by atoms with Crippen LogP contribution >= 0.6 is 0 Å². The minimum absolute atomic E-state index is 0.447. The highest BCUT2D eigenvalue weighted by Crippen LogP contribution is 2.35. The zero-order valence-electron chi connectivity index (χ0n) is 13.1. The maximum absolute atomic E-state index is 6.39. The Balaban J connectivity index is 1.59. The van der Waals surface area contributed by atoms with Gasteiger partial charge in [0.15, 0.2) is 5.82 Å². The van der Waals surface area contributed by atoms with Gasteiger partial charge in [-0.15, -0.1) is 0 Å². The second kappa shape index (κ2) is 6.01. The lowest BCUT2D eigenvalue weighted by Gasteiger charge is -2.17. The third-order valence-corrected chi connectivity index (χ3v) is 4.31. The minimum Gasteiger partial charge on any atom is -0.339 e. The molecular formula is C17H18N6O. The van der Waals surface area contributed by atoms with E-state index in [-0.39, 0.29) is 0 Å². The van der Waals surface area contributed by atoms with Crippen molar-refractivity contribution >= 4 is 11.5 Å². The first kappa shape index (κ1) is 14.8. The highest BCUT2D eigenvalue weighted by Gasteiger charge is 2.36.